The van der Waals surface area contributed by atoms with E-state index in [0.717, 1.165) is 6.07 Å². The van der Waals surface area contributed by atoms with Crippen LogP contribution in [0.4, 0.5) is 8.78 Å². The van der Waals surface area contributed by atoms with Crippen LogP contribution in [-0.4, -0.2) is 11.3 Å². The lowest BCUT2D eigenvalue weighted by Gasteiger charge is -2.01. The molecule has 2 nitrogen and oxygen atoms in total. The van der Waals surface area contributed by atoms with Gasteiger partial charge in [-0.3, -0.25) is 4.79 Å². The molecule has 0 bridgehead atoms. The Balaban J connectivity index is 3.20. The number of halogens is 3. The molecule has 0 saturated carbocycles. The van der Waals surface area contributed by atoms with Crippen molar-refractivity contribution in [2.75, 3.05) is 0 Å². The van der Waals surface area contributed by atoms with E-state index in [9.17, 15) is 13.6 Å². The number of pyridine rings is 1. The summed E-state index contributed by atoms with van der Waals surface area (Å²) < 4.78 is 24.2. The first-order chi connectivity index (χ1) is 5.65. The number of aromatic nitrogens is 1. The van der Waals surface area contributed by atoms with E-state index in [1.54, 1.807) is 0 Å². The van der Waals surface area contributed by atoms with E-state index < -0.39 is 12.0 Å². The molecular weight excluding hydrogens is 188 g/mol. The second kappa shape index (κ2) is 3.58. The van der Waals surface area contributed by atoms with Crippen molar-refractivity contribution < 1.29 is 13.6 Å². The Hall–Kier alpha value is -1.03. The van der Waals surface area contributed by atoms with Gasteiger partial charge in [-0.1, -0.05) is 11.6 Å². The van der Waals surface area contributed by atoms with Crippen LogP contribution in [0.25, 0.3) is 0 Å². The van der Waals surface area contributed by atoms with Crippen molar-refractivity contribution in [3.05, 3.63) is 28.5 Å². The number of hydrogen-bond donors (Lipinski definition) is 0. The topological polar surface area (TPSA) is 30.0 Å². The van der Waals surface area contributed by atoms with Gasteiger partial charge in [0.1, 0.15) is 10.8 Å². The fraction of sp³-hybridized carbons (Fsp3) is 0.143. The molecule has 0 saturated heterocycles. The van der Waals surface area contributed by atoms with Gasteiger partial charge in [0, 0.05) is 5.56 Å². The largest absolute Gasteiger partial charge is 0.296 e. The molecule has 1 heterocycles. The minimum Gasteiger partial charge on any atom is -0.296 e. The van der Waals surface area contributed by atoms with Gasteiger partial charge in [0.05, 0.1) is 0 Å². The van der Waals surface area contributed by atoms with Gasteiger partial charge in [-0.15, -0.1) is 0 Å². The molecule has 1 aromatic rings. The van der Waals surface area contributed by atoms with Crippen LogP contribution in [0.5, 0.6) is 0 Å². The highest BCUT2D eigenvalue weighted by Gasteiger charge is 2.13. The van der Waals surface area contributed by atoms with Crippen LogP contribution in [-0.2, 0) is 0 Å². The summed E-state index contributed by atoms with van der Waals surface area (Å²) >= 11 is 5.39. The van der Waals surface area contributed by atoms with E-state index in [2.05, 4.69) is 4.98 Å². The molecular formula is C7H4ClF2NO. The Kier molecular flexibility index (Phi) is 2.70. The zero-order valence-corrected chi connectivity index (χ0v) is 6.55. The molecule has 64 valence electrons. The standard InChI is InChI=1S/C7H4ClF2NO/c8-6-2-1-4(7(9)10)5(3-12)11-6/h1-3,7H. The van der Waals surface area contributed by atoms with E-state index in [0.29, 0.717) is 0 Å². The average molecular weight is 192 g/mol. The summed E-state index contributed by atoms with van der Waals surface area (Å²) in [6, 6.07) is 2.31. The fourth-order valence-electron chi connectivity index (χ4n) is 0.740. The van der Waals surface area contributed by atoms with Crippen molar-refractivity contribution in [3.63, 3.8) is 0 Å². The van der Waals surface area contributed by atoms with E-state index in [1.807, 2.05) is 0 Å². The van der Waals surface area contributed by atoms with Crippen LogP contribution in [0.15, 0.2) is 12.1 Å². The van der Waals surface area contributed by atoms with Crippen LogP contribution in [0.3, 0.4) is 0 Å². The third-order valence-corrected chi connectivity index (χ3v) is 1.48. The highest BCUT2D eigenvalue weighted by Crippen LogP contribution is 2.21. The summed E-state index contributed by atoms with van der Waals surface area (Å²) in [4.78, 5) is 13.7. The molecule has 0 spiro atoms. The number of alkyl halides is 2. The highest BCUT2D eigenvalue weighted by atomic mass is 35.5. The van der Waals surface area contributed by atoms with Gasteiger partial charge >= 0.3 is 0 Å². The van der Waals surface area contributed by atoms with E-state index in [1.165, 1.54) is 6.07 Å². The third-order valence-electron chi connectivity index (χ3n) is 1.27. The van der Waals surface area contributed by atoms with Crippen molar-refractivity contribution in [2.24, 2.45) is 0 Å². The van der Waals surface area contributed by atoms with Gasteiger partial charge < -0.3 is 0 Å². The smallest absolute Gasteiger partial charge is 0.266 e. The quantitative estimate of drug-likeness (QED) is 0.531. The van der Waals surface area contributed by atoms with Crippen LogP contribution in [0.2, 0.25) is 5.15 Å². The molecule has 0 aliphatic rings. The van der Waals surface area contributed by atoms with Gasteiger partial charge in [-0.25, -0.2) is 13.8 Å². The van der Waals surface area contributed by atoms with Crippen molar-refractivity contribution in [3.8, 4) is 0 Å². The summed E-state index contributed by atoms with van der Waals surface area (Å²) in [7, 11) is 0. The number of rotatable bonds is 2. The minimum atomic E-state index is -2.70. The van der Waals surface area contributed by atoms with E-state index in [4.69, 9.17) is 11.6 Å². The molecule has 0 aliphatic heterocycles. The van der Waals surface area contributed by atoms with E-state index >= 15 is 0 Å². The van der Waals surface area contributed by atoms with Crippen molar-refractivity contribution in [1.82, 2.24) is 4.98 Å². The highest BCUT2D eigenvalue weighted by molar-refractivity contribution is 6.29. The first-order valence-corrected chi connectivity index (χ1v) is 3.42. The molecule has 0 unspecified atom stereocenters. The lowest BCUT2D eigenvalue weighted by atomic mass is 10.2. The number of nitrogens with zero attached hydrogens (tertiary/aromatic N) is 1. The summed E-state index contributed by atoms with van der Waals surface area (Å²) in [6.07, 6.45) is -2.44. The Morgan fingerprint density at radius 3 is 2.67 bits per heavy atom. The van der Waals surface area contributed by atoms with Crippen molar-refractivity contribution >= 4 is 17.9 Å². The van der Waals surface area contributed by atoms with Crippen LogP contribution in [0.1, 0.15) is 22.5 Å². The SMILES string of the molecule is O=Cc1nc(Cl)ccc1C(F)F. The fourth-order valence-corrected chi connectivity index (χ4v) is 0.894. The maximum Gasteiger partial charge on any atom is 0.266 e. The normalized spacial score (nSPS) is 10.3. The molecule has 12 heavy (non-hydrogen) atoms. The Morgan fingerprint density at radius 2 is 2.17 bits per heavy atom. The maximum atomic E-state index is 12.1. The monoisotopic (exact) mass is 191 g/mol. The zero-order valence-electron chi connectivity index (χ0n) is 5.80. The first kappa shape index (κ1) is 9.06. The number of aldehydes is 1. The second-order valence-electron chi connectivity index (χ2n) is 2.03. The zero-order chi connectivity index (χ0) is 9.14. The molecule has 0 aliphatic carbocycles. The molecule has 1 aromatic heterocycles. The summed E-state index contributed by atoms with van der Waals surface area (Å²) in [5.41, 5.74) is -0.702. The van der Waals surface area contributed by atoms with Crippen LogP contribution < -0.4 is 0 Å². The van der Waals surface area contributed by atoms with Crippen molar-refractivity contribution in [1.29, 1.82) is 0 Å². The summed E-state index contributed by atoms with van der Waals surface area (Å²) in [5.74, 6) is 0. The second-order valence-corrected chi connectivity index (χ2v) is 2.41. The summed E-state index contributed by atoms with van der Waals surface area (Å²) in [5, 5.41) is 0.0292. The molecule has 1 rings (SSSR count). The third kappa shape index (κ3) is 1.76. The van der Waals surface area contributed by atoms with Gasteiger partial charge in [-0.2, -0.15) is 0 Å². The molecule has 0 radical (unpaired) electrons. The van der Waals surface area contributed by atoms with Gasteiger partial charge in [-0.05, 0) is 12.1 Å². The van der Waals surface area contributed by atoms with Gasteiger partial charge in [0.2, 0.25) is 0 Å². The molecule has 5 heteroatoms. The maximum absolute atomic E-state index is 12.1. The van der Waals surface area contributed by atoms with Crippen LogP contribution in [0, 0.1) is 0 Å². The average Bonchev–Trinajstić information content (AvgIpc) is 2.03. The molecule has 0 aromatic carbocycles. The lowest BCUT2D eigenvalue weighted by molar-refractivity contribution is 0.110. The molecule has 0 N–H and O–H groups in total. The molecule has 0 amide bonds. The first-order valence-electron chi connectivity index (χ1n) is 3.05. The van der Waals surface area contributed by atoms with Crippen LogP contribution >= 0.6 is 11.6 Å². The predicted octanol–water partition coefficient (Wildman–Crippen LogP) is 2.49. The van der Waals surface area contributed by atoms with E-state index in [-0.39, 0.29) is 17.1 Å². The predicted molar refractivity (Wildman–Crippen MR) is 39.6 cm³/mol. The Labute approximate surface area is 72.2 Å². The molecule has 0 fully saturated rings. The Morgan fingerprint density at radius 1 is 1.50 bits per heavy atom. The lowest BCUT2D eigenvalue weighted by Crippen LogP contribution is -1.96. The Bertz CT molecular complexity index is 303. The minimum absolute atomic E-state index is 0.0292. The molecule has 0 atom stereocenters. The number of carbonyl (C=O) groups is 1. The summed E-state index contributed by atoms with van der Waals surface area (Å²) in [6.45, 7) is 0. The number of carbonyl (C=O) groups excluding carboxylic acids is 1. The van der Waals surface area contributed by atoms with Gasteiger partial charge in [0.15, 0.2) is 6.29 Å². The van der Waals surface area contributed by atoms with Gasteiger partial charge in [0.25, 0.3) is 6.43 Å². The van der Waals surface area contributed by atoms with Crippen molar-refractivity contribution in [2.45, 2.75) is 6.43 Å². The number of hydrogen-bond acceptors (Lipinski definition) is 2.